The minimum atomic E-state index is -0.721. The van der Waals surface area contributed by atoms with Gasteiger partial charge in [0.15, 0.2) is 0 Å². The topological polar surface area (TPSA) is 20.2 Å². The number of hydrogen-bond donors (Lipinski definition) is 1. The van der Waals surface area contributed by atoms with E-state index in [4.69, 9.17) is 0 Å². The van der Waals surface area contributed by atoms with Crippen LogP contribution < -0.4 is 0 Å². The summed E-state index contributed by atoms with van der Waals surface area (Å²) in [5.41, 5.74) is 1.25. The zero-order valence-corrected chi connectivity index (χ0v) is 10.1. The average molecular weight is 254 g/mol. The van der Waals surface area contributed by atoms with Gasteiger partial charge in [0.05, 0.1) is 6.10 Å². The second-order valence-electron chi connectivity index (χ2n) is 3.99. The summed E-state index contributed by atoms with van der Waals surface area (Å²) in [5, 5.41) is 11.8. The maximum Gasteiger partial charge on any atom is 0.126 e. The quantitative estimate of drug-likeness (QED) is 0.887. The van der Waals surface area contributed by atoms with Crippen LogP contribution in [0.25, 0.3) is 0 Å². The predicted molar refractivity (Wildman–Crippen MR) is 64.1 cm³/mol. The highest BCUT2D eigenvalue weighted by atomic mass is 32.1. The molecule has 1 heterocycles. The third-order valence-electron chi connectivity index (χ3n) is 2.49. The van der Waals surface area contributed by atoms with Crippen molar-refractivity contribution in [3.8, 4) is 0 Å². The van der Waals surface area contributed by atoms with Crippen molar-refractivity contribution < 1.29 is 13.9 Å². The van der Waals surface area contributed by atoms with E-state index in [9.17, 15) is 13.9 Å². The molecule has 1 unspecified atom stereocenters. The summed E-state index contributed by atoms with van der Waals surface area (Å²) in [5.74, 6) is -1.23. The van der Waals surface area contributed by atoms with Gasteiger partial charge < -0.3 is 5.11 Å². The van der Waals surface area contributed by atoms with E-state index in [1.165, 1.54) is 12.1 Å². The van der Waals surface area contributed by atoms with E-state index in [0.29, 0.717) is 5.56 Å². The van der Waals surface area contributed by atoms with E-state index in [1.807, 2.05) is 18.4 Å². The molecule has 0 fully saturated rings. The number of thiophene rings is 1. The molecule has 0 spiro atoms. The summed E-state index contributed by atoms with van der Waals surface area (Å²) in [7, 11) is 0. The Hall–Kier alpha value is -1.26. The predicted octanol–water partition coefficient (Wildman–Crippen LogP) is 3.61. The highest BCUT2D eigenvalue weighted by Crippen LogP contribution is 2.24. The minimum Gasteiger partial charge on any atom is -0.388 e. The third-order valence-corrected chi connectivity index (χ3v) is 3.37. The number of halogens is 2. The lowest BCUT2D eigenvalue weighted by Crippen LogP contribution is -2.01. The van der Waals surface area contributed by atoms with Crippen LogP contribution in [-0.2, 0) is 6.42 Å². The fourth-order valence-electron chi connectivity index (χ4n) is 1.71. The molecule has 1 aromatic heterocycles. The van der Waals surface area contributed by atoms with Crippen molar-refractivity contribution in [2.75, 3.05) is 0 Å². The van der Waals surface area contributed by atoms with Crippen LogP contribution in [-0.4, -0.2) is 5.11 Å². The van der Waals surface area contributed by atoms with Gasteiger partial charge in [-0.15, -0.1) is 11.3 Å². The van der Waals surface area contributed by atoms with E-state index in [1.54, 1.807) is 11.3 Å². The van der Waals surface area contributed by atoms with Crippen molar-refractivity contribution in [2.45, 2.75) is 19.4 Å². The first-order valence-electron chi connectivity index (χ1n) is 5.22. The number of aryl methyl sites for hydroxylation is 1. The SMILES string of the molecule is Cc1cc(C(O)Cc2cc(F)cc(F)c2)cs1. The van der Waals surface area contributed by atoms with Crippen LogP contribution >= 0.6 is 11.3 Å². The first-order chi connectivity index (χ1) is 8.04. The summed E-state index contributed by atoms with van der Waals surface area (Å²) in [6.45, 7) is 1.95. The molecule has 0 bridgehead atoms. The van der Waals surface area contributed by atoms with Gasteiger partial charge in [0.25, 0.3) is 0 Å². The van der Waals surface area contributed by atoms with Crippen LogP contribution in [0.3, 0.4) is 0 Å². The van der Waals surface area contributed by atoms with Gasteiger partial charge in [-0.05, 0) is 41.6 Å². The lowest BCUT2D eigenvalue weighted by molar-refractivity contribution is 0.178. The fraction of sp³-hybridized carbons (Fsp3) is 0.231. The highest BCUT2D eigenvalue weighted by Gasteiger charge is 2.11. The normalized spacial score (nSPS) is 12.7. The van der Waals surface area contributed by atoms with Crippen LogP contribution in [0.5, 0.6) is 0 Å². The maximum atomic E-state index is 13.0. The van der Waals surface area contributed by atoms with Gasteiger partial charge in [-0.25, -0.2) is 8.78 Å². The monoisotopic (exact) mass is 254 g/mol. The Labute approximate surface area is 102 Å². The molecular weight excluding hydrogens is 242 g/mol. The third kappa shape index (κ3) is 3.11. The Morgan fingerprint density at radius 1 is 1.18 bits per heavy atom. The van der Waals surface area contributed by atoms with E-state index < -0.39 is 17.7 Å². The molecule has 0 aliphatic heterocycles. The molecule has 1 N–H and O–H groups in total. The first kappa shape index (κ1) is 12.2. The van der Waals surface area contributed by atoms with Crippen molar-refractivity contribution in [1.29, 1.82) is 0 Å². The van der Waals surface area contributed by atoms with Crippen molar-refractivity contribution >= 4 is 11.3 Å². The Bertz CT molecular complexity index is 502. The van der Waals surface area contributed by atoms with E-state index >= 15 is 0 Å². The minimum absolute atomic E-state index is 0.213. The van der Waals surface area contributed by atoms with Gasteiger partial charge >= 0.3 is 0 Å². The number of benzene rings is 1. The van der Waals surface area contributed by atoms with Gasteiger partial charge in [-0.1, -0.05) is 0 Å². The number of aliphatic hydroxyl groups excluding tert-OH is 1. The summed E-state index contributed by atoms with van der Waals surface area (Å²) >= 11 is 1.54. The Balaban J connectivity index is 2.15. The lowest BCUT2D eigenvalue weighted by Gasteiger charge is -2.09. The molecule has 1 nitrogen and oxygen atoms in total. The molecule has 0 amide bonds. The van der Waals surface area contributed by atoms with Gasteiger partial charge in [0.2, 0.25) is 0 Å². The van der Waals surface area contributed by atoms with Crippen LogP contribution in [0.2, 0.25) is 0 Å². The van der Waals surface area contributed by atoms with Crippen LogP contribution in [0, 0.1) is 18.6 Å². The fourth-order valence-corrected chi connectivity index (χ4v) is 2.46. The van der Waals surface area contributed by atoms with Crippen molar-refractivity contribution in [3.05, 3.63) is 57.3 Å². The Morgan fingerprint density at radius 2 is 1.82 bits per heavy atom. The zero-order chi connectivity index (χ0) is 12.4. The van der Waals surface area contributed by atoms with Gasteiger partial charge in [-0.3, -0.25) is 0 Å². The Morgan fingerprint density at radius 3 is 2.35 bits per heavy atom. The van der Waals surface area contributed by atoms with Gasteiger partial charge in [-0.2, -0.15) is 0 Å². The molecule has 0 radical (unpaired) electrons. The molecule has 0 aliphatic rings. The molecule has 1 aromatic carbocycles. The number of hydrogen-bond acceptors (Lipinski definition) is 2. The lowest BCUT2D eigenvalue weighted by atomic mass is 10.0. The van der Waals surface area contributed by atoms with Crippen molar-refractivity contribution in [3.63, 3.8) is 0 Å². The number of aliphatic hydroxyl groups is 1. The molecule has 2 aromatic rings. The second-order valence-corrected chi connectivity index (χ2v) is 5.10. The smallest absolute Gasteiger partial charge is 0.126 e. The molecular formula is C13H12F2OS. The van der Waals surface area contributed by atoms with Crippen LogP contribution in [0.4, 0.5) is 8.78 Å². The maximum absolute atomic E-state index is 13.0. The summed E-state index contributed by atoms with van der Waals surface area (Å²) in [4.78, 5) is 1.10. The summed E-state index contributed by atoms with van der Waals surface area (Å²) in [6, 6.07) is 5.19. The molecule has 0 saturated heterocycles. The van der Waals surface area contributed by atoms with Crippen molar-refractivity contribution in [1.82, 2.24) is 0 Å². The molecule has 4 heteroatoms. The number of rotatable bonds is 3. The van der Waals surface area contributed by atoms with E-state index in [2.05, 4.69) is 0 Å². The molecule has 90 valence electrons. The van der Waals surface area contributed by atoms with Gasteiger partial charge in [0.1, 0.15) is 11.6 Å². The molecule has 17 heavy (non-hydrogen) atoms. The van der Waals surface area contributed by atoms with Crippen molar-refractivity contribution in [2.24, 2.45) is 0 Å². The molecule has 0 aliphatic carbocycles. The molecule has 2 rings (SSSR count). The molecule has 0 saturated carbocycles. The molecule has 1 atom stereocenters. The highest BCUT2D eigenvalue weighted by molar-refractivity contribution is 7.10. The second kappa shape index (κ2) is 4.94. The standard InChI is InChI=1S/C13H12F2OS/c1-8-2-10(7-17-8)13(16)5-9-3-11(14)6-12(15)4-9/h2-4,6-7,13,16H,5H2,1H3. The zero-order valence-electron chi connectivity index (χ0n) is 9.28. The summed E-state index contributed by atoms with van der Waals surface area (Å²) < 4.78 is 25.9. The average Bonchev–Trinajstić information content (AvgIpc) is 2.63. The van der Waals surface area contributed by atoms with E-state index in [-0.39, 0.29) is 6.42 Å². The summed E-state index contributed by atoms with van der Waals surface area (Å²) in [6.07, 6.45) is -0.508. The largest absolute Gasteiger partial charge is 0.388 e. The van der Waals surface area contributed by atoms with Gasteiger partial charge in [0, 0.05) is 17.4 Å². The van der Waals surface area contributed by atoms with Crippen LogP contribution in [0.1, 0.15) is 22.1 Å². The Kier molecular flexibility index (Phi) is 3.54. The first-order valence-corrected chi connectivity index (χ1v) is 6.10. The van der Waals surface area contributed by atoms with Crippen LogP contribution in [0.15, 0.2) is 29.6 Å². The van der Waals surface area contributed by atoms with E-state index in [0.717, 1.165) is 16.5 Å².